The number of aryl methyl sites for hydroxylation is 1. The molecule has 0 saturated heterocycles. The molecule has 136 valence electrons. The fraction of sp³-hybridized carbons (Fsp3) is 0.190. The number of nitrogens with zero attached hydrogens (tertiary/aromatic N) is 1. The van der Waals surface area contributed by atoms with E-state index in [1.165, 1.54) is 6.07 Å². The summed E-state index contributed by atoms with van der Waals surface area (Å²) in [6.45, 7) is 1.95. The number of benzene rings is 2. The summed E-state index contributed by atoms with van der Waals surface area (Å²) in [5.74, 6) is 1.04. The zero-order valence-corrected chi connectivity index (χ0v) is 14.9. The van der Waals surface area contributed by atoms with E-state index in [9.17, 15) is 9.59 Å². The van der Waals surface area contributed by atoms with Crippen LogP contribution in [0.5, 0.6) is 5.75 Å². The number of aromatic amines is 1. The minimum Gasteiger partial charge on any atom is -0.480 e. The summed E-state index contributed by atoms with van der Waals surface area (Å²) in [5.41, 5.74) is 2.92. The monoisotopic (exact) mass is 361 g/mol. The van der Waals surface area contributed by atoms with Gasteiger partial charge in [0, 0.05) is 29.4 Å². The van der Waals surface area contributed by atoms with E-state index < -0.39 is 6.10 Å². The van der Waals surface area contributed by atoms with Gasteiger partial charge in [0.1, 0.15) is 11.6 Å². The number of hydrogen-bond acceptors (Lipinski definition) is 4. The number of carbonyl (C=O) groups excluding carboxylic acids is 1. The normalized spacial score (nSPS) is 15.1. The summed E-state index contributed by atoms with van der Waals surface area (Å²) >= 11 is 0. The third-order valence-corrected chi connectivity index (χ3v) is 4.50. The van der Waals surface area contributed by atoms with E-state index in [4.69, 9.17) is 4.74 Å². The van der Waals surface area contributed by atoms with Gasteiger partial charge in [-0.15, -0.1) is 0 Å². The number of carbonyl (C=O) groups is 1. The second-order valence-electron chi connectivity index (χ2n) is 6.43. The smallest absolute Gasteiger partial charge is 0.265 e. The largest absolute Gasteiger partial charge is 0.480 e. The Labute approximate surface area is 156 Å². The molecule has 1 amide bonds. The number of ether oxygens (including phenoxy) is 1. The Morgan fingerprint density at radius 1 is 1.22 bits per heavy atom. The van der Waals surface area contributed by atoms with Gasteiger partial charge >= 0.3 is 0 Å². The standard InChI is InChI=1S/C21H19N3O3/c1-2-15-12-19(25)24-20(22-15)14-7-5-8-16(10-14)23-21(26)18-11-13-6-3-4-9-17(13)27-18/h3-10,12,18H,2,11H2,1H3,(H,23,26)(H,22,24,25). The van der Waals surface area contributed by atoms with E-state index >= 15 is 0 Å². The van der Waals surface area contributed by atoms with Gasteiger partial charge in [0.05, 0.1) is 0 Å². The van der Waals surface area contributed by atoms with Crippen LogP contribution in [0.2, 0.25) is 0 Å². The first-order valence-corrected chi connectivity index (χ1v) is 8.88. The van der Waals surface area contributed by atoms with E-state index in [0.29, 0.717) is 24.4 Å². The molecule has 0 radical (unpaired) electrons. The Morgan fingerprint density at radius 3 is 2.89 bits per heavy atom. The van der Waals surface area contributed by atoms with Gasteiger partial charge in [0.2, 0.25) is 0 Å². The van der Waals surface area contributed by atoms with Gasteiger partial charge < -0.3 is 15.0 Å². The minimum atomic E-state index is -0.549. The summed E-state index contributed by atoms with van der Waals surface area (Å²) in [5, 5.41) is 2.89. The van der Waals surface area contributed by atoms with E-state index in [2.05, 4.69) is 15.3 Å². The molecular formula is C21H19N3O3. The van der Waals surface area contributed by atoms with Crippen molar-refractivity contribution in [3.8, 4) is 17.1 Å². The number of nitrogens with one attached hydrogen (secondary N) is 2. The number of anilines is 1. The molecule has 27 heavy (non-hydrogen) atoms. The number of fused-ring (bicyclic) bond motifs is 1. The van der Waals surface area contributed by atoms with Crippen molar-refractivity contribution >= 4 is 11.6 Å². The van der Waals surface area contributed by atoms with Gasteiger partial charge in [-0.2, -0.15) is 0 Å². The maximum absolute atomic E-state index is 12.6. The first-order chi connectivity index (χ1) is 13.1. The van der Waals surface area contributed by atoms with Crippen molar-refractivity contribution in [2.45, 2.75) is 25.9 Å². The van der Waals surface area contributed by atoms with Gasteiger partial charge in [0.25, 0.3) is 11.5 Å². The summed E-state index contributed by atoms with van der Waals surface area (Å²) in [6.07, 6.45) is 0.676. The van der Waals surface area contributed by atoms with Crippen LogP contribution in [0, 0.1) is 0 Å². The SMILES string of the molecule is CCc1cc(=O)[nH]c(-c2cccc(NC(=O)C3Cc4ccccc4O3)c2)n1. The van der Waals surface area contributed by atoms with E-state index in [1.807, 2.05) is 43.3 Å². The Hall–Kier alpha value is -3.41. The first-order valence-electron chi connectivity index (χ1n) is 8.88. The summed E-state index contributed by atoms with van der Waals surface area (Å²) in [6, 6.07) is 16.4. The molecule has 0 saturated carbocycles. The van der Waals surface area contributed by atoms with Crippen molar-refractivity contribution in [3.63, 3.8) is 0 Å². The summed E-state index contributed by atoms with van der Waals surface area (Å²) < 4.78 is 5.73. The molecule has 0 aliphatic carbocycles. The number of para-hydroxylation sites is 1. The highest BCUT2D eigenvalue weighted by Gasteiger charge is 2.28. The van der Waals surface area contributed by atoms with Crippen LogP contribution in [-0.4, -0.2) is 22.0 Å². The van der Waals surface area contributed by atoms with Gasteiger partial charge in [-0.25, -0.2) is 4.98 Å². The molecule has 3 aromatic rings. The van der Waals surface area contributed by atoms with Crippen LogP contribution < -0.4 is 15.6 Å². The maximum Gasteiger partial charge on any atom is 0.265 e. The molecule has 2 heterocycles. The Bertz CT molecular complexity index is 1030. The van der Waals surface area contributed by atoms with Crippen molar-refractivity contribution in [1.82, 2.24) is 9.97 Å². The number of aromatic nitrogens is 2. The maximum atomic E-state index is 12.6. The topological polar surface area (TPSA) is 84.1 Å². The molecule has 0 spiro atoms. The molecule has 1 atom stereocenters. The molecule has 0 fully saturated rings. The van der Waals surface area contributed by atoms with Gasteiger partial charge in [0.15, 0.2) is 6.10 Å². The zero-order valence-electron chi connectivity index (χ0n) is 14.9. The highest BCUT2D eigenvalue weighted by molar-refractivity contribution is 5.95. The number of H-pyrrole nitrogens is 1. The van der Waals surface area contributed by atoms with Crippen molar-refractivity contribution in [1.29, 1.82) is 0 Å². The third kappa shape index (κ3) is 3.60. The molecule has 0 bridgehead atoms. The number of rotatable bonds is 4. The lowest BCUT2D eigenvalue weighted by Gasteiger charge is -2.12. The van der Waals surface area contributed by atoms with Crippen molar-refractivity contribution in [2.24, 2.45) is 0 Å². The molecule has 1 unspecified atom stereocenters. The Kier molecular flexibility index (Phi) is 4.46. The predicted octanol–water partition coefficient (Wildman–Crippen LogP) is 2.94. The van der Waals surface area contributed by atoms with Gasteiger partial charge in [-0.05, 0) is 30.2 Å². The lowest BCUT2D eigenvalue weighted by molar-refractivity contribution is -0.122. The molecule has 4 rings (SSSR count). The Morgan fingerprint density at radius 2 is 2.07 bits per heavy atom. The molecule has 1 aromatic heterocycles. The number of amides is 1. The van der Waals surface area contributed by atoms with Crippen LogP contribution in [0.3, 0.4) is 0 Å². The minimum absolute atomic E-state index is 0.191. The molecule has 6 heteroatoms. The highest BCUT2D eigenvalue weighted by atomic mass is 16.5. The molecule has 6 nitrogen and oxygen atoms in total. The lowest BCUT2D eigenvalue weighted by Crippen LogP contribution is -2.31. The van der Waals surface area contributed by atoms with Crippen molar-refractivity contribution < 1.29 is 9.53 Å². The second kappa shape index (κ2) is 7.07. The summed E-state index contributed by atoms with van der Waals surface area (Å²) in [7, 11) is 0. The molecule has 1 aliphatic heterocycles. The number of hydrogen-bond donors (Lipinski definition) is 2. The van der Waals surface area contributed by atoms with E-state index in [0.717, 1.165) is 22.6 Å². The average Bonchev–Trinajstić information content (AvgIpc) is 3.12. The quantitative estimate of drug-likeness (QED) is 0.748. The van der Waals surface area contributed by atoms with Gasteiger partial charge in [-0.1, -0.05) is 37.3 Å². The second-order valence-corrected chi connectivity index (χ2v) is 6.43. The Balaban J connectivity index is 1.53. The van der Waals surface area contributed by atoms with Crippen molar-refractivity contribution in [3.05, 3.63) is 76.2 Å². The van der Waals surface area contributed by atoms with E-state index in [-0.39, 0.29) is 11.5 Å². The fourth-order valence-electron chi connectivity index (χ4n) is 3.12. The average molecular weight is 361 g/mol. The first kappa shape index (κ1) is 17.0. The van der Waals surface area contributed by atoms with Crippen LogP contribution >= 0.6 is 0 Å². The van der Waals surface area contributed by atoms with Gasteiger partial charge in [-0.3, -0.25) is 9.59 Å². The van der Waals surface area contributed by atoms with Crippen LogP contribution in [0.25, 0.3) is 11.4 Å². The van der Waals surface area contributed by atoms with Crippen LogP contribution in [0.1, 0.15) is 18.2 Å². The summed E-state index contributed by atoms with van der Waals surface area (Å²) in [4.78, 5) is 31.6. The fourth-order valence-corrected chi connectivity index (χ4v) is 3.12. The molecule has 2 N–H and O–H groups in total. The zero-order chi connectivity index (χ0) is 18.8. The van der Waals surface area contributed by atoms with Crippen molar-refractivity contribution in [2.75, 3.05) is 5.32 Å². The third-order valence-electron chi connectivity index (χ3n) is 4.50. The predicted molar refractivity (Wildman–Crippen MR) is 103 cm³/mol. The molecule has 2 aromatic carbocycles. The molecule has 1 aliphatic rings. The lowest BCUT2D eigenvalue weighted by atomic mass is 10.1. The highest BCUT2D eigenvalue weighted by Crippen LogP contribution is 2.29. The molecular weight excluding hydrogens is 342 g/mol. The van der Waals surface area contributed by atoms with Crippen LogP contribution in [0.15, 0.2) is 59.4 Å². The van der Waals surface area contributed by atoms with Crippen LogP contribution in [-0.2, 0) is 17.6 Å². The van der Waals surface area contributed by atoms with E-state index in [1.54, 1.807) is 12.1 Å². The van der Waals surface area contributed by atoms with Crippen LogP contribution in [0.4, 0.5) is 5.69 Å².